The second-order valence-corrected chi connectivity index (χ2v) is 7.26. The molecule has 5 heteroatoms. The number of hydrogen-bond acceptors (Lipinski definition) is 1. The summed E-state index contributed by atoms with van der Waals surface area (Å²) in [5.41, 5.74) is 0. The normalized spacial score (nSPS) is 13.0. The van der Waals surface area contributed by atoms with E-state index in [1.165, 1.54) is 70.6 Å². The van der Waals surface area contributed by atoms with E-state index >= 15 is 0 Å². The quantitative estimate of drug-likeness (QED) is 0.295. The number of unbranched alkanes of at least 4 members (excludes halogenated alkanes) is 13. The number of alkyl halides is 3. The summed E-state index contributed by atoms with van der Waals surface area (Å²) in [4.78, 5) is 10.8. The Morgan fingerprint density at radius 1 is 0.760 bits per heavy atom. The lowest BCUT2D eigenvalue weighted by Crippen LogP contribution is -2.41. The molecule has 0 spiro atoms. The minimum absolute atomic E-state index is 0.411. The van der Waals surface area contributed by atoms with Gasteiger partial charge >= 0.3 is 12.1 Å². The van der Waals surface area contributed by atoms with Gasteiger partial charge in [-0.1, -0.05) is 96.8 Å². The number of carbonyl (C=O) groups excluding carboxylic acids is 1. The van der Waals surface area contributed by atoms with E-state index in [2.05, 4.69) is 6.92 Å². The van der Waals surface area contributed by atoms with Gasteiger partial charge in [0.1, 0.15) is 0 Å². The van der Waals surface area contributed by atoms with Crippen LogP contribution in [0.3, 0.4) is 0 Å². The average molecular weight is 366 g/mol. The summed E-state index contributed by atoms with van der Waals surface area (Å²) >= 11 is 0. The van der Waals surface area contributed by atoms with Crippen LogP contribution in [0.1, 0.15) is 110 Å². The fourth-order valence-corrected chi connectivity index (χ4v) is 3.02. The molecular weight excluding hydrogens is 327 g/mol. The van der Waals surface area contributed by atoms with Crippen molar-refractivity contribution in [1.82, 2.24) is 5.32 Å². The van der Waals surface area contributed by atoms with E-state index < -0.39 is 18.1 Å². The minimum Gasteiger partial charge on any atom is -0.346 e. The van der Waals surface area contributed by atoms with Crippen LogP contribution in [0.15, 0.2) is 0 Å². The molecule has 0 aromatic heterocycles. The SMILES string of the molecule is CCCCCCCCCCCCCCCCC(C)NC(=O)C(F)(F)F. The van der Waals surface area contributed by atoms with Gasteiger partial charge in [-0.15, -0.1) is 0 Å². The summed E-state index contributed by atoms with van der Waals surface area (Å²) < 4.78 is 36.3. The van der Waals surface area contributed by atoms with E-state index in [4.69, 9.17) is 0 Å². The summed E-state index contributed by atoms with van der Waals surface area (Å²) in [5, 5.41) is 2.00. The number of amides is 1. The monoisotopic (exact) mass is 365 g/mol. The fraction of sp³-hybridized carbons (Fsp3) is 0.950. The van der Waals surface area contributed by atoms with Crippen LogP contribution in [0.2, 0.25) is 0 Å². The van der Waals surface area contributed by atoms with Crippen LogP contribution in [0.25, 0.3) is 0 Å². The lowest BCUT2D eigenvalue weighted by atomic mass is 10.0. The van der Waals surface area contributed by atoms with Crippen molar-refractivity contribution >= 4 is 5.91 Å². The molecule has 0 fully saturated rings. The Bertz CT molecular complexity index is 319. The zero-order chi connectivity index (χ0) is 19.0. The molecule has 1 unspecified atom stereocenters. The van der Waals surface area contributed by atoms with Crippen molar-refractivity contribution in [2.45, 2.75) is 122 Å². The standard InChI is InChI=1S/C20H38F3NO/c1-3-4-5-6-7-8-9-10-11-12-13-14-15-16-17-18(2)24-19(25)20(21,22)23/h18H,3-17H2,1-2H3,(H,24,25). The third-order valence-electron chi connectivity index (χ3n) is 4.63. The number of hydrogen-bond donors (Lipinski definition) is 1. The van der Waals surface area contributed by atoms with Crippen molar-refractivity contribution < 1.29 is 18.0 Å². The fourth-order valence-electron chi connectivity index (χ4n) is 3.02. The van der Waals surface area contributed by atoms with Crippen molar-refractivity contribution in [3.8, 4) is 0 Å². The summed E-state index contributed by atoms with van der Waals surface area (Å²) in [5.74, 6) is -1.83. The van der Waals surface area contributed by atoms with Gasteiger partial charge in [0.05, 0.1) is 0 Å². The highest BCUT2D eigenvalue weighted by molar-refractivity contribution is 5.81. The Hall–Kier alpha value is -0.740. The Morgan fingerprint density at radius 3 is 1.48 bits per heavy atom. The zero-order valence-corrected chi connectivity index (χ0v) is 16.2. The predicted molar refractivity (Wildman–Crippen MR) is 98.6 cm³/mol. The highest BCUT2D eigenvalue weighted by Gasteiger charge is 2.38. The van der Waals surface area contributed by atoms with Crippen LogP contribution in [0.5, 0.6) is 0 Å². The van der Waals surface area contributed by atoms with Crippen LogP contribution in [-0.2, 0) is 4.79 Å². The first-order valence-electron chi connectivity index (χ1n) is 10.3. The van der Waals surface area contributed by atoms with Crippen LogP contribution in [-0.4, -0.2) is 18.1 Å². The molecule has 0 aliphatic carbocycles. The van der Waals surface area contributed by atoms with Gasteiger partial charge < -0.3 is 5.32 Å². The zero-order valence-electron chi connectivity index (χ0n) is 16.2. The number of halogens is 3. The smallest absolute Gasteiger partial charge is 0.346 e. The lowest BCUT2D eigenvalue weighted by Gasteiger charge is -2.14. The van der Waals surface area contributed by atoms with Crippen LogP contribution in [0.4, 0.5) is 13.2 Å². The highest BCUT2D eigenvalue weighted by atomic mass is 19.4. The first kappa shape index (κ1) is 24.3. The Morgan fingerprint density at radius 2 is 1.12 bits per heavy atom. The van der Waals surface area contributed by atoms with Gasteiger partial charge in [0.15, 0.2) is 0 Å². The number of carbonyl (C=O) groups is 1. The van der Waals surface area contributed by atoms with E-state index in [0.29, 0.717) is 6.42 Å². The first-order valence-corrected chi connectivity index (χ1v) is 10.3. The molecule has 0 aromatic carbocycles. The van der Waals surface area contributed by atoms with Crippen molar-refractivity contribution in [3.63, 3.8) is 0 Å². The van der Waals surface area contributed by atoms with Crippen molar-refractivity contribution in [3.05, 3.63) is 0 Å². The summed E-state index contributed by atoms with van der Waals surface area (Å²) in [6.45, 7) is 3.87. The maximum atomic E-state index is 12.1. The van der Waals surface area contributed by atoms with Crippen molar-refractivity contribution in [2.75, 3.05) is 0 Å². The van der Waals surface area contributed by atoms with Gasteiger partial charge in [-0.25, -0.2) is 0 Å². The highest BCUT2D eigenvalue weighted by Crippen LogP contribution is 2.16. The molecule has 0 saturated carbocycles. The van der Waals surface area contributed by atoms with E-state index in [-0.39, 0.29) is 0 Å². The summed E-state index contributed by atoms with van der Waals surface area (Å²) in [6, 6.07) is -0.411. The largest absolute Gasteiger partial charge is 0.471 e. The molecule has 2 nitrogen and oxygen atoms in total. The molecule has 0 aliphatic heterocycles. The van der Waals surface area contributed by atoms with Crippen LogP contribution >= 0.6 is 0 Å². The van der Waals surface area contributed by atoms with E-state index in [1.54, 1.807) is 6.92 Å². The summed E-state index contributed by atoms with van der Waals surface area (Å²) in [7, 11) is 0. The van der Waals surface area contributed by atoms with Gasteiger partial charge in [-0.3, -0.25) is 4.79 Å². The molecule has 150 valence electrons. The van der Waals surface area contributed by atoms with Crippen molar-refractivity contribution in [2.24, 2.45) is 0 Å². The van der Waals surface area contributed by atoms with Gasteiger partial charge in [-0.2, -0.15) is 13.2 Å². The van der Waals surface area contributed by atoms with E-state index in [1.807, 2.05) is 5.32 Å². The summed E-state index contributed by atoms with van der Waals surface area (Å²) in [6.07, 6.45) is 13.5. The number of rotatable bonds is 16. The van der Waals surface area contributed by atoms with Crippen molar-refractivity contribution in [1.29, 1.82) is 0 Å². The third-order valence-corrected chi connectivity index (χ3v) is 4.63. The van der Waals surface area contributed by atoms with E-state index in [0.717, 1.165) is 19.3 Å². The van der Waals surface area contributed by atoms with Crippen LogP contribution < -0.4 is 5.32 Å². The molecule has 0 rings (SSSR count). The predicted octanol–water partition coefficient (Wildman–Crippen LogP) is 6.92. The Balaban J connectivity index is 3.27. The molecule has 0 heterocycles. The second kappa shape index (κ2) is 15.5. The molecule has 0 aliphatic rings. The Kier molecular flexibility index (Phi) is 15.1. The molecule has 0 saturated heterocycles. The van der Waals surface area contributed by atoms with Crippen LogP contribution in [0, 0.1) is 0 Å². The minimum atomic E-state index is -4.77. The second-order valence-electron chi connectivity index (χ2n) is 7.26. The molecule has 1 N–H and O–H groups in total. The maximum absolute atomic E-state index is 12.1. The molecule has 0 radical (unpaired) electrons. The van der Waals surface area contributed by atoms with Gasteiger partial charge in [0, 0.05) is 6.04 Å². The van der Waals surface area contributed by atoms with Gasteiger partial charge in [-0.05, 0) is 13.3 Å². The lowest BCUT2D eigenvalue weighted by molar-refractivity contribution is -0.174. The third kappa shape index (κ3) is 16.5. The number of nitrogens with one attached hydrogen (secondary N) is 1. The maximum Gasteiger partial charge on any atom is 0.471 e. The Labute approximate surface area is 152 Å². The average Bonchev–Trinajstić information content (AvgIpc) is 2.54. The van der Waals surface area contributed by atoms with Gasteiger partial charge in [0.25, 0.3) is 0 Å². The molecule has 1 atom stereocenters. The molecule has 1 amide bonds. The molecule has 0 aromatic rings. The molecule has 0 bridgehead atoms. The topological polar surface area (TPSA) is 29.1 Å². The van der Waals surface area contributed by atoms with E-state index in [9.17, 15) is 18.0 Å². The van der Waals surface area contributed by atoms with Gasteiger partial charge in [0.2, 0.25) is 0 Å². The first-order chi connectivity index (χ1) is 11.9. The molecule has 25 heavy (non-hydrogen) atoms. The molecular formula is C20H38F3NO.